The summed E-state index contributed by atoms with van der Waals surface area (Å²) in [6, 6.07) is 6.13. The number of benzene rings is 1. The van der Waals surface area contributed by atoms with Gasteiger partial charge in [-0.15, -0.1) is 0 Å². The van der Waals surface area contributed by atoms with Gasteiger partial charge in [-0.3, -0.25) is 0 Å². The predicted molar refractivity (Wildman–Crippen MR) is 106 cm³/mol. The van der Waals surface area contributed by atoms with E-state index in [-0.39, 0.29) is 6.09 Å². The molecule has 0 aliphatic heterocycles. The highest BCUT2D eigenvalue weighted by Crippen LogP contribution is 2.22. The van der Waals surface area contributed by atoms with Crippen molar-refractivity contribution in [3.8, 4) is 5.75 Å². The van der Waals surface area contributed by atoms with E-state index in [9.17, 15) is 4.79 Å². The lowest BCUT2D eigenvalue weighted by Gasteiger charge is -2.19. The third-order valence-corrected chi connectivity index (χ3v) is 4.22. The van der Waals surface area contributed by atoms with Crippen molar-refractivity contribution < 1.29 is 14.3 Å². The summed E-state index contributed by atoms with van der Waals surface area (Å²) in [5.41, 5.74) is 0.706. The molecule has 1 rings (SSSR count). The summed E-state index contributed by atoms with van der Waals surface area (Å²) in [5.74, 6) is 0.925. The zero-order chi connectivity index (χ0) is 16.6. The van der Waals surface area contributed by atoms with Gasteiger partial charge in [0.25, 0.3) is 0 Å². The maximum absolute atomic E-state index is 11.6. The minimum Gasteiger partial charge on any atom is -0.492 e. The van der Waals surface area contributed by atoms with Gasteiger partial charge < -0.3 is 14.8 Å². The first-order chi connectivity index (χ1) is 10.3. The molecule has 1 amide bonds. The highest BCUT2D eigenvalue weighted by molar-refractivity contribution is 14.1. The fourth-order valence-corrected chi connectivity index (χ4v) is 2.72. The lowest BCUT2D eigenvalue weighted by molar-refractivity contribution is 0.0528. The molecule has 0 atom stereocenters. The lowest BCUT2D eigenvalue weighted by Crippen LogP contribution is -2.33. The summed E-state index contributed by atoms with van der Waals surface area (Å²) in [5, 5.41) is 2.77. The van der Waals surface area contributed by atoms with Gasteiger partial charge in [0.2, 0.25) is 0 Å². The van der Waals surface area contributed by atoms with Gasteiger partial charge in [-0.2, -0.15) is 0 Å². The Balaban J connectivity index is 2.40. The quantitative estimate of drug-likeness (QED) is 0.319. The number of carbonyl (C=O) groups excluding carboxylic acids is 1. The number of hydrogen-bond acceptors (Lipinski definition) is 3. The largest absolute Gasteiger partial charge is 0.492 e. The first kappa shape index (κ1) is 19.8. The second kappa shape index (κ2) is 9.79. The fourth-order valence-electron chi connectivity index (χ4n) is 1.68. The molecule has 124 valence electrons. The maximum Gasteiger partial charge on any atom is 0.407 e. The normalized spacial score (nSPS) is 11.1. The molecule has 1 aromatic carbocycles. The van der Waals surface area contributed by atoms with Crippen LogP contribution in [-0.2, 0) is 11.2 Å². The molecular weight excluding hydrogens is 508 g/mol. The number of halogens is 2. The summed E-state index contributed by atoms with van der Waals surface area (Å²) in [7, 11) is 0. The molecule has 0 unspecified atom stereocenters. The van der Waals surface area contributed by atoms with E-state index in [0.29, 0.717) is 6.54 Å². The molecule has 0 bridgehead atoms. The number of ether oxygens (including phenoxy) is 2. The third-order valence-electron chi connectivity index (χ3n) is 2.61. The van der Waals surface area contributed by atoms with E-state index < -0.39 is 5.60 Å². The van der Waals surface area contributed by atoms with E-state index in [1.54, 1.807) is 0 Å². The molecule has 0 radical (unpaired) electrons. The van der Waals surface area contributed by atoms with Crippen molar-refractivity contribution in [3.05, 3.63) is 27.3 Å². The summed E-state index contributed by atoms with van der Waals surface area (Å²) >= 11 is 4.63. The van der Waals surface area contributed by atoms with Crippen LogP contribution in [0.5, 0.6) is 5.75 Å². The predicted octanol–water partition coefficient (Wildman–Crippen LogP) is 4.56. The summed E-state index contributed by atoms with van der Waals surface area (Å²) < 4.78 is 13.1. The van der Waals surface area contributed by atoms with Gasteiger partial charge in [0.1, 0.15) is 11.4 Å². The molecule has 0 aromatic heterocycles. The van der Waals surface area contributed by atoms with E-state index in [1.165, 1.54) is 5.56 Å². The van der Waals surface area contributed by atoms with Crippen LogP contribution in [0, 0.1) is 3.57 Å². The molecule has 0 spiro atoms. The number of alkyl carbamates (subject to hydrolysis) is 1. The van der Waals surface area contributed by atoms with Crippen LogP contribution in [0.3, 0.4) is 0 Å². The standard InChI is InChI=1S/C16H23I2NO3/c1-16(2,3)22-15(20)19-9-7-12-5-6-14(13(18)11-12)21-10-4-8-17/h5-6,11H,4,7-10H2,1-3H3,(H,19,20). The topological polar surface area (TPSA) is 47.6 Å². The maximum atomic E-state index is 11.6. The van der Waals surface area contributed by atoms with Gasteiger partial charge in [0, 0.05) is 11.0 Å². The zero-order valence-corrected chi connectivity index (χ0v) is 17.6. The number of carbonyl (C=O) groups is 1. The summed E-state index contributed by atoms with van der Waals surface area (Å²) in [6.07, 6.45) is 1.45. The van der Waals surface area contributed by atoms with Crippen LogP contribution in [0.25, 0.3) is 0 Å². The molecule has 0 fully saturated rings. The van der Waals surface area contributed by atoms with Crippen LogP contribution < -0.4 is 10.1 Å². The average molecular weight is 531 g/mol. The van der Waals surface area contributed by atoms with Crippen LogP contribution in [0.1, 0.15) is 32.8 Å². The van der Waals surface area contributed by atoms with Gasteiger partial charge >= 0.3 is 6.09 Å². The molecule has 1 N–H and O–H groups in total. The van der Waals surface area contributed by atoms with Gasteiger partial charge in [0.15, 0.2) is 0 Å². The number of amides is 1. The number of nitrogens with one attached hydrogen (secondary N) is 1. The first-order valence-corrected chi connectivity index (χ1v) is 9.86. The molecule has 6 heteroatoms. The third kappa shape index (κ3) is 8.40. The molecule has 0 heterocycles. The van der Waals surface area contributed by atoms with Crippen LogP contribution in [-0.4, -0.2) is 29.3 Å². The highest BCUT2D eigenvalue weighted by Gasteiger charge is 2.15. The molecule has 22 heavy (non-hydrogen) atoms. The average Bonchev–Trinajstić information content (AvgIpc) is 2.39. The fraction of sp³-hybridized carbons (Fsp3) is 0.562. The minimum absolute atomic E-state index is 0.374. The Labute approximate surface area is 160 Å². The van der Waals surface area contributed by atoms with E-state index in [0.717, 1.165) is 33.2 Å². The van der Waals surface area contributed by atoms with Gasteiger partial charge in [-0.25, -0.2) is 4.79 Å². The van der Waals surface area contributed by atoms with Gasteiger partial charge in [0.05, 0.1) is 10.2 Å². The van der Waals surface area contributed by atoms with Crippen LogP contribution >= 0.6 is 45.2 Å². The van der Waals surface area contributed by atoms with Gasteiger partial charge in [-0.1, -0.05) is 28.7 Å². The minimum atomic E-state index is -0.462. The monoisotopic (exact) mass is 531 g/mol. The Kier molecular flexibility index (Phi) is 8.81. The molecule has 0 saturated heterocycles. The molecular formula is C16H23I2NO3. The second-order valence-electron chi connectivity index (χ2n) is 5.83. The SMILES string of the molecule is CC(C)(C)OC(=O)NCCc1ccc(OCCCI)c(I)c1. The summed E-state index contributed by atoms with van der Waals surface area (Å²) in [6.45, 7) is 6.86. The Morgan fingerprint density at radius 3 is 2.64 bits per heavy atom. The van der Waals surface area contributed by atoms with E-state index >= 15 is 0 Å². The van der Waals surface area contributed by atoms with Crippen molar-refractivity contribution >= 4 is 51.3 Å². The smallest absolute Gasteiger partial charge is 0.407 e. The first-order valence-electron chi connectivity index (χ1n) is 7.26. The molecule has 1 aromatic rings. The van der Waals surface area contributed by atoms with E-state index in [1.807, 2.05) is 32.9 Å². The van der Waals surface area contributed by atoms with Crippen LogP contribution in [0.4, 0.5) is 4.79 Å². The van der Waals surface area contributed by atoms with E-state index in [2.05, 4.69) is 56.6 Å². The van der Waals surface area contributed by atoms with Crippen molar-refractivity contribution in [2.75, 3.05) is 17.6 Å². The van der Waals surface area contributed by atoms with Gasteiger partial charge in [-0.05, 0) is 73.9 Å². The van der Waals surface area contributed by atoms with Crippen molar-refractivity contribution in [1.82, 2.24) is 5.32 Å². The number of hydrogen-bond donors (Lipinski definition) is 1. The van der Waals surface area contributed by atoms with Crippen molar-refractivity contribution in [3.63, 3.8) is 0 Å². The second-order valence-corrected chi connectivity index (χ2v) is 8.08. The zero-order valence-electron chi connectivity index (χ0n) is 13.2. The van der Waals surface area contributed by atoms with Crippen LogP contribution in [0.15, 0.2) is 18.2 Å². The molecule has 0 aliphatic carbocycles. The van der Waals surface area contributed by atoms with Crippen LogP contribution in [0.2, 0.25) is 0 Å². The van der Waals surface area contributed by atoms with Crippen molar-refractivity contribution in [1.29, 1.82) is 0 Å². The summed E-state index contributed by atoms with van der Waals surface area (Å²) in [4.78, 5) is 11.6. The lowest BCUT2D eigenvalue weighted by atomic mass is 10.1. The highest BCUT2D eigenvalue weighted by atomic mass is 127. The molecule has 0 saturated carbocycles. The Hall–Kier alpha value is -0.250. The Bertz CT molecular complexity index is 487. The molecule has 0 aliphatic rings. The molecule has 4 nitrogen and oxygen atoms in total. The van der Waals surface area contributed by atoms with Crippen molar-refractivity contribution in [2.45, 2.75) is 39.2 Å². The van der Waals surface area contributed by atoms with Crippen molar-refractivity contribution in [2.24, 2.45) is 0 Å². The number of alkyl halides is 1. The Morgan fingerprint density at radius 1 is 1.32 bits per heavy atom. The Morgan fingerprint density at radius 2 is 2.05 bits per heavy atom. The number of rotatable bonds is 7. The van der Waals surface area contributed by atoms with E-state index in [4.69, 9.17) is 9.47 Å².